The largest absolute Gasteiger partial charge is 0.348 e. The van der Waals surface area contributed by atoms with Crippen LogP contribution < -0.4 is 4.90 Å². The zero-order chi connectivity index (χ0) is 19.3. The molecular weight excluding hydrogens is 402 g/mol. The van der Waals surface area contributed by atoms with E-state index in [-0.39, 0.29) is 6.04 Å². The van der Waals surface area contributed by atoms with E-state index in [1.165, 1.54) is 16.8 Å². The molecule has 0 N–H and O–H groups in total. The molecule has 138 valence electrons. The van der Waals surface area contributed by atoms with Crippen molar-refractivity contribution < 1.29 is 0 Å². The van der Waals surface area contributed by atoms with Crippen LogP contribution in [0.2, 0.25) is 0 Å². The summed E-state index contributed by atoms with van der Waals surface area (Å²) in [5.41, 5.74) is 5.67. The van der Waals surface area contributed by atoms with Crippen LogP contribution in [0.3, 0.4) is 0 Å². The normalized spacial score (nSPS) is 16.9. The van der Waals surface area contributed by atoms with E-state index in [2.05, 4.69) is 69.3 Å². The van der Waals surface area contributed by atoms with Gasteiger partial charge in [-0.15, -0.1) is 0 Å². The maximum atomic E-state index is 7.34. The van der Waals surface area contributed by atoms with E-state index in [1.54, 1.807) is 0 Å². The maximum absolute atomic E-state index is 7.34. The molecular formula is C21H22BrN5. The standard InChI is InChI=1S/C21H22BrN5/c1-12-8-16(22)9-13(2)19(12)27-10-14(3)18-20(24-15(4)25-21(18)27)26-7-6-17(11-26)23-5/h8-10,17H,6-7,11H2,1-4H3. The van der Waals surface area contributed by atoms with E-state index in [4.69, 9.17) is 16.5 Å². The second-order valence-electron chi connectivity index (χ2n) is 7.38. The molecule has 5 nitrogen and oxygen atoms in total. The summed E-state index contributed by atoms with van der Waals surface area (Å²) >= 11 is 3.59. The van der Waals surface area contributed by atoms with Gasteiger partial charge in [0.05, 0.1) is 17.6 Å². The van der Waals surface area contributed by atoms with E-state index < -0.39 is 0 Å². The minimum atomic E-state index is 0.0636. The number of benzene rings is 1. The Labute approximate surface area is 168 Å². The number of rotatable bonds is 2. The average Bonchev–Trinajstić information content (AvgIpc) is 3.19. The van der Waals surface area contributed by atoms with Gasteiger partial charge in [0.1, 0.15) is 11.6 Å². The first kappa shape index (κ1) is 18.0. The van der Waals surface area contributed by atoms with Crippen molar-refractivity contribution in [1.82, 2.24) is 14.5 Å². The predicted octanol–water partition coefficient (Wildman–Crippen LogP) is 4.91. The first-order chi connectivity index (χ1) is 12.9. The molecule has 1 saturated heterocycles. The van der Waals surface area contributed by atoms with Gasteiger partial charge in [-0.05, 0) is 56.5 Å². The molecule has 0 amide bonds. The molecule has 0 radical (unpaired) electrons. The molecule has 3 heterocycles. The van der Waals surface area contributed by atoms with E-state index >= 15 is 0 Å². The van der Waals surface area contributed by atoms with Crippen molar-refractivity contribution in [2.75, 3.05) is 18.0 Å². The van der Waals surface area contributed by atoms with E-state index in [1.807, 2.05) is 6.92 Å². The van der Waals surface area contributed by atoms with Crippen LogP contribution in [0, 0.1) is 34.3 Å². The number of nitrogens with zero attached hydrogens (tertiary/aromatic N) is 5. The summed E-state index contributed by atoms with van der Waals surface area (Å²) in [4.78, 5) is 15.5. The summed E-state index contributed by atoms with van der Waals surface area (Å²) in [6.45, 7) is 17.3. The Morgan fingerprint density at radius 3 is 2.44 bits per heavy atom. The summed E-state index contributed by atoms with van der Waals surface area (Å²) in [7, 11) is 0. The molecule has 0 spiro atoms. The van der Waals surface area contributed by atoms with Gasteiger partial charge in [-0.2, -0.15) is 0 Å². The minimum absolute atomic E-state index is 0.0636. The first-order valence-electron chi connectivity index (χ1n) is 9.14. The van der Waals surface area contributed by atoms with Gasteiger partial charge in [0, 0.05) is 23.6 Å². The van der Waals surface area contributed by atoms with Crippen LogP contribution in [-0.4, -0.2) is 33.7 Å². The van der Waals surface area contributed by atoms with Gasteiger partial charge >= 0.3 is 0 Å². The highest BCUT2D eigenvalue weighted by Gasteiger charge is 2.30. The molecule has 0 bridgehead atoms. The predicted molar refractivity (Wildman–Crippen MR) is 113 cm³/mol. The first-order valence-corrected chi connectivity index (χ1v) is 9.93. The number of aryl methyl sites for hydroxylation is 4. The Morgan fingerprint density at radius 2 is 1.81 bits per heavy atom. The van der Waals surface area contributed by atoms with Crippen LogP contribution in [0.15, 0.2) is 22.8 Å². The number of hydrogen-bond donors (Lipinski definition) is 0. The molecule has 4 rings (SSSR count). The zero-order valence-corrected chi connectivity index (χ0v) is 17.6. The fourth-order valence-electron chi connectivity index (χ4n) is 4.11. The van der Waals surface area contributed by atoms with Crippen LogP contribution in [0.4, 0.5) is 5.82 Å². The van der Waals surface area contributed by atoms with Crippen molar-refractivity contribution in [1.29, 1.82) is 0 Å². The minimum Gasteiger partial charge on any atom is -0.348 e. The van der Waals surface area contributed by atoms with E-state index in [9.17, 15) is 0 Å². The second-order valence-corrected chi connectivity index (χ2v) is 8.30. The number of halogens is 1. The quantitative estimate of drug-likeness (QED) is 0.549. The smallest absolute Gasteiger partial charge is 0.242 e. The Kier molecular flexibility index (Phi) is 4.43. The molecule has 2 aromatic heterocycles. The third-order valence-electron chi connectivity index (χ3n) is 5.27. The third-order valence-corrected chi connectivity index (χ3v) is 5.73. The summed E-state index contributed by atoms with van der Waals surface area (Å²) in [6.07, 6.45) is 3.06. The fraction of sp³-hybridized carbons (Fsp3) is 0.381. The highest BCUT2D eigenvalue weighted by Crippen LogP contribution is 2.34. The highest BCUT2D eigenvalue weighted by atomic mass is 79.9. The number of hydrogen-bond acceptors (Lipinski definition) is 3. The number of anilines is 1. The molecule has 1 aliphatic heterocycles. The van der Waals surface area contributed by atoms with Crippen molar-refractivity contribution in [3.8, 4) is 5.69 Å². The second kappa shape index (κ2) is 6.65. The van der Waals surface area contributed by atoms with Crippen molar-refractivity contribution in [3.63, 3.8) is 0 Å². The van der Waals surface area contributed by atoms with Gasteiger partial charge in [0.15, 0.2) is 5.65 Å². The molecule has 1 unspecified atom stereocenters. The lowest BCUT2D eigenvalue weighted by Gasteiger charge is -2.18. The molecule has 1 aliphatic rings. The lowest BCUT2D eigenvalue weighted by Crippen LogP contribution is -2.22. The van der Waals surface area contributed by atoms with Crippen LogP contribution in [0.25, 0.3) is 21.6 Å². The Balaban J connectivity index is 1.95. The van der Waals surface area contributed by atoms with Crippen molar-refractivity contribution in [3.05, 3.63) is 56.7 Å². The Hall–Kier alpha value is -2.39. The van der Waals surface area contributed by atoms with E-state index in [0.717, 1.165) is 52.2 Å². The third kappa shape index (κ3) is 3.00. The van der Waals surface area contributed by atoms with Gasteiger partial charge in [-0.1, -0.05) is 15.9 Å². The van der Waals surface area contributed by atoms with Gasteiger partial charge < -0.3 is 14.3 Å². The van der Waals surface area contributed by atoms with Crippen molar-refractivity contribution in [2.24, 2.45) is 0 Å². The van der Waals surface area contributed by atoms with Crippen LogP contribution in [0.1, 0.15) is 28.9 Å². The molecule has 1 aromatic carbocycles. The molecule has 27 heavy (non-hydrogen) atoms. The maximum Gasteiger partial charge on any atom is 0.242 e. The van der Waals surface area contributed by atoms with Gasteiger partial charge in [-0.25, -0.2) is 16.5 Å². The number of aromatic nitrogens is 3. The molecule has 1 atom stereocenters. The van der Waals surface area contributed by atoms with Gasteiger partial charge in [-0.3, -0.25) is 0 Å². The Morgan fingerprint density at radius 1 is 1.11 bits per heavy atom. The lowest BCUT2D eigenvalue weighted by molar-refractivity contribution is 0.863. The fourth-order valence-corrected chi connectivity index (χ4v) is 4.80. The zero-order valence-electron chi connectivity index (χ0n) is 16.0. The van der Waals surface area contributed by atoms with Crippen molar-refractivity contribution >= 4 is 32.8 Å². The van der Waals surface area contributed by atoms with Gasteiger partial charge in [0.25, 0.3) is 0 Å². The summed E-state index contributed by atoms with van der Waals surface area (Å²) < 4.78 is 3.28. The summed E-state index contributed by atoms with van der Waals surface area (Å²) in [6, 6.07) is 4.34. The van der Waals surface area contributed by atoms with Crippen LogP contribution in [0.5, 0.6) is 0 Å². The molecule has 3 aromatic rings. The monoisotopic (exact) mass is 423 g/mol. The molecule has 6 heteroatoms. The van der Waals surface area contributed by atoms with E-state index in [0.29, 0.717) is 0 Å². The summed E-state index contributed by atoms with van der Waals surface area (Å²) in [5, 5.41) is 1.09. The Bertz CT molecular complexity index is 1070. The summed E-state index contributed by atoms with van der Waals surface area (Å²) in [5.74, 6) is 1.72. The highest BCUT2D eigenvalue weighted by molar-refractivity contribution is 9.10. The molecule has 0 aliphatic carbocycles. The topological polar surface area (TPSA) is 38.3 Å². The molecule has 0 saturated carbocycles. The molecule has 1 fully saturated rings. The average molecular weight is 424 g/mol. The number of fused-ring (bicyclic) bond motifs is 1. The lowest BCUT2D eigenvalue weighted by atomic mass is 10.1. The SMILES string of the molecule is [C-]#[N+]C1CCN(c2nc(C)nc3c2c(C)cn3-c2c(C)cc(Br)cc2C)C1. The van der Waals surface area contributed by atoms with Gasteiger partial charge in [0.2, 0.25) is 6.04 Å². The van der Waals surface area contributed by atoms with Crippen LogP contribution >= 0.6 is 15.9 Å². The van der Waals surface area contributed by atoms with Crippen LogP contribution in [-0.2, 0) is 0 Å². The van der Waals surface area contributed by atoms with Crippen molar-refractivity contribution in [2.45, 2.75) is 40.2 Å².